The molecule has 10 unspecified atom stereocenters. The first-order valence-electron chi connectivity index (χ1n) is 13.0. The summed E-state index contributed by atoms with van der Waals surface area (Å²) in [6.07, 6.45) is -16.0. The summed E-state index contributed by atoms with van der Waals surface area (Å²) >= 11 is 0. The Morgan fingerprint density at radius 1 is 0.878 bits per heavy atom. The fourth-order valence-electron chi connectivity index (χ4n) is 5.07. The van der Waals surface area contributed by atoms with E-state index in [4.69, 9.17) is 23.7 Å². The van der Waals surface area contributed by atoms with Crippen LogP contribution in [0.4, 0.5) is 0 Å². The number of ketones is 1. The van der Waals surface area contributed by atoms with Gasteiger partial charge in [0.05, 0.1) is 19.1 Å². The van der Waals surface area contributed by atoms with E-state index < -0.39 is 85.7 Å². The number of hydrogen-bond donors (Lipinski definition) is 8. The Labute approximate surface area is 233 Å². The molecule has 41 heavy (non-hydrogen) atoms. The highest BCUT2D eigenvalue weighted by Gasteiger charge is 2.51. The Kier molecular flexibility index (Phi) is 8.39. The molecule has 0 radical (unpaired) electrons. The predicted octanol–water partition coefficient (Wildman–Crippen LogP) is -1.17. The number of rotatable bonds is 6. The van der Waals surface area contributed by atoms with E-state index >= 15 is 0 Å². The van der Waals surface area contributed by atoms with Gasteiger partial charge in [-0.05, 0) is 24.6 Å². The summed E-state index contributed by atoms with van der Waals surface area (Å²) < 4.78 is 28.6. The van der Waals surface area contributed by atoms with E-state index in [-0.39, 0.29) is 29.2 Å². The minimum absolute atomic E-state index is 0.0149. The second-order valence-corrected chi connectivity index (χ2v) is 10.2. The molecule has 0 spiro atoms. The van der Waals surface area contributed by atoms with Crippen molar-refractivity contribution in [1.29, 1.82) is 0 Å². The van der Waals surface area contributed by atoms with Crippen LogP contribution in [-0.2, 0) is 14.2 Å². The summed E-state index contributed by atoms with van der Waals surface area (Å²) in [7, 11) is 0. The zero-order chi connectivity index (χ0) is 29.6. The maximum absolute atomic E-state index is 12.9. The quantitative estimate of drug-likeness (QED) is 0.202. The molecule has 3 heterocycles. The van der Waals surface area contributed by atoms with Gasteiger partial charge in [-0.15, -0.1) is 0 Å². The molecule has 224 valence electrons. The predicted molar refractivity (Wildman–Crippen MR) is 134 cm³/mol. The standard InChI is InChI=1S/C27H32O14/c1-10-20(32)22(34)24(36)26(37-10)41-25-23(35)21(33)18(9-28)40-27(25)38-13-6-14(30)19-15(31)8-16(39-17(19)7-13)11-2-4-12(29)5-3-11/h2-7,10,16,18,20-30,32-36H,8-9H2,1H3/t10?,16-,18?,20?,21?,22?,23?,24?,25?,26?,27?/m1/s1. The van der Waals surface area contributed by atoms with Crippen molar-refractivity contribution in [3.8, 4) is 23.0 Å². The number of ether oxygens (including phenoxy) is 5. The van der Waals surface area contributed by atoms with Gasteiger partial charge in [0.2, 0.25) is 6.29 Å². The molecule has 0 amide bonds. The van der Waals surface area contributed by atoms with Crippen molar-refractivity contribution >= 4 is 5.78 Å². The second kappa shape index (κ2) is 11.7. The van der Waals surface area contributed by atoms with E-state index in [0.29, 0.717) is 5.56 Å². The Hall–Kier alpha value is -3.05. The van der Waals surface area contributed by atoms with E-state index in [0.717, 1.165) is 6.07 Å². The van der Waals surface area contributed by atoms with Gasteiger partial charge in [0.15, 0.2) is 18.2 Å². The first kappa shape index (κ1) is 29.4. The van der Waals surface area contributed by atoms with E-state index in [1.807, 2.05) is 0 Å². The maximum atomic E-state index is 12.9. The molecule has 5 rings (SSSR count). The molecule has 8 N–H and O–H groups in total. The Morgan fingerprint density at radius 2 is 1.59 bits per heavy atom. The van der Waals surface area contributed by atoms with Crippen LogP contribution in [0.25, 0.3) is 0 Å². The molecule has 3 aliphatic rings. The fraction of sp³-hybridized carbons (Fsp3) is 0.519. The summed E-state index contributed by atoms with van der Waals surface area (Å²) in [6.45, 7) is 0.716. The highest BCUT2D eigenvalue weighted by atomic mass is 16.8. The molecule has 11 atom stereocenters. The van der Waals surface area contributed by atoms with Gasteiger partial charge in [0.25, 0.3) is 0 Å². The number of benzene rings is 2. The van der Waals surface area contributed by atoms with Crippen LogP contribution in [-0.4, -0.2) is 115 Å². The fourth-order valence-corrected chi connectivity index (χ4v) is 5.07. The summed E-state index contributed by atoms with van der Waals surface area (Å²) in [4.78, 5) is 12.9. The van der Waals surface area contributed by atoms with Crippen molar-refractivity contribution in [2.24, 2.45) is 0 Å². The Bertz CT molecular complexity index is 1240. The lowest BCUT2D eigenvalue weighted by Crippen LogP contribution is -2.64. The van der Waals surface area contributed by atoms with Gasteiger partial charge in [0, 0.05) is 12.1 Å². The van der Waals surface area contributed by atoms with Gasteiger partial charge < -0.3 is 64.5 Å². The van der Waals surface area contributed by atoms with Crippen molar-refractivity contribution in [3.63, 3.8) is 0 Å². The molecule has 2 aromatic carbocycles. The number of fused-ring (bicyclic) bond motifs is 1. The number of phenols is 2. The van der Waals surface area contributed by atoms with Crippen molar-refractivity contribution in [1.82, 2.24) is 0 Å². The summed E-state index contributed by atoms with van der Waals surface area (Å²) in [5.74, 6) is -0.947. The molecular weight excluding hydrogens is 548 g/mol. The molecule has 2 fully saturated rings. The number of carbonyl (C=O) groups excluding carboxylic acids is 1. The average molecular weight is 581 g/mol. The third-order valence-corrected chi connectivity index (χ3v) is 7.42. The topological polar surface area (TPSA) is 225 Å². The Morgan fingerprint density at radius 3 is 2.27 bits per heavy atom. The number of aliphatic hydroxyl groups excluding tert-OH is 6. The molecule has 2 saturated heterocycles. The smallest absolute Gasteiger partial charge is 0.229 e. The van der Waals surface area contributed by atoms with E-state index in [9.17, 15) is 45.6 Å². The third kappa shape index (κ3) is 5.70. The number of aromatic hydroxyl groups is 2. The van der Waals surface area contributed by atoms with Crippen LogP contribution < -0.4 is 9.47 Å². The number of phenolic OH excluding ortho intramolecular Hbond substituents is 2. The first-order chi connectivity index (χ1) is 19.5. The lowest BCUT2D eigenvalue weighted by molar-refractivity contribution is -0.354. The SMILES string of the molecule is CC1OC(OC2C(Oc3cc(O)c4c(c3)O[C@@H](c3ccc(O)cc3)CC4=O)OC(CO)C(O)C2O)C(O)C(O)C1O. The van der Waals surface area contributed by atoms with E-state index in [1.165, 1.54) is 25.1 Å². The van der Waals surface area contributed by atoms with Gasteiger partial charge in [0.1, 0.15) is 71.3 Å². The summed E-state index contributed by atoms with van der Waals surface area (Å²) in [5, 5.41) is 81.6. The second-order valence-electron chi connectivity index (χ2n) is 10.2. The molecule has 14 heteroatoms. The van der Waals surface area contributed by atoms with Gasteiger partial charge in [-0.2, -0.15) is 0 Å². The molecule has 0 aliphatic carbocycles. The lowest BCUT2D eigenvalue weighted by Gasteiger charge is -2.45. The van der Waals surface area contributed by atoms with Crippen LogP contribution in [0, 0.1) is 0 Å². The number of hydrogen-bond acceptors (Lipinski definition) is 14. The molecule has 0 aromatic heterocycles. The minimum atomic E-state index is -1.75. The number of Topliss-reactive ketones (excluding diaryl/α,β-unsaturated/α-hetero) is 1. The number of aliphatic hydroxyl groups is 6. The van der Waals surface area contributed by atoms with Crippen LogP contribution in [0.5, 0.6) is 23.0 Å². The van der Waals surface area contributed by atoms with Crippen LogP contribution in [0.15, 0.2) is 36.4 Å². The lowest BCUT2D eigenvalue weighted by atomic mass is 9.95. The molecule has 2 aromatic rings. The van der Waals surface area contributed by atoms with Crippen LogP contribution in [0.1, 0.15) is 35.4 Å². The van der Waals surface area contributed by atoms with Crippen LogP contribution in [0.3, 0.4) is 0 Å². The van der Waals surface area contributed by atoms with E-state index in [2.05, 4.69) is 0 Å². The molecule has 14 nitrogen and oxygen atoms in total. The summed E-state index contributed by atoms with van der Waals surface area (Å²) in [5.41, 5.74) is 0.529. The molecule has 0 saturated carbocycles. The summed E-state index contributed by atoms with van der Waals surface area (Å²) in [6, 6.07) is 8.50. The minimum Gasteiger partial charge on any atom is -0.508 e. The normalized spacial score (nSPS) is 37.2. The average Bonchev–Trinajstić information content (AvgIpc) is 2.94. The monoisotopic (exact) mass is 580 g/mol. The highest BCUT2D eigenvalue weighted by Crippen LogP contribution is 2.43. The third-order valence-electron chi connectivity index (χ3n) is 7.42. The van der Waals surface area contributed by atoms with Crippen molar-refractivity contribution in [3.05, 3.63) is 47.5 Å². The van der Waals surface area contributed by atoms with Gasteiger partial charge >= 0.3 is 0 Å². The zero-order valence-corrected chi connectivity index (χ0v) is 21.8. The van der Waals surface area contributed by atoms with Gasteiger partial charge in [-0.25, -0.2) is 0 Å². The Balaban J connectivity index is 1.41. The molecule has 3 aliphatic heterocycles. The number of carbonyl (C=O) groups is 1. The van der Waals surface area contributed by atoms with Crippen LogP contribution >= 0.6 is 0 Å². The maximum Gasteiger partial charge on any atom is 0.229 e. The molecule has 0 bridgehead atoms. The molecular formula is C27H32O14. The van der Waals surface area contributed by atoms with Gasteiger partial charge in [-0.1, -0.05) is 12.1 Å². The largest absolute Gasteiger partial charge is 0.508 e. The first-order valence-corrected chi connectivity index (χ1v) is 13.0. The van der Waals surface area contributed by atoms with Crippen LogP contribution in [0.2, 0.25) is 0 Å². The zero-order valence-electron chi connectivity index (χ0n) is 21.8. The van der Waals surface area contributed by atoms with Crippen molar-refractivity contribution in [2.75, 3.05) is 6.61 Å². The van der Waals surface area contributed by atoms with Crippen molar-refractivity contribution < 1.29 is 69.3 Å². The van der Waals surface area contributed by atoms with E-state index in [1.54, 1.807) is 12.1 Å². The highest BCUT2D eigenvalue weighted by molar-refractivity contribution is 6.02. The van der Waals surface area contributed by atoms with Gasteiger partial charge in [-0.3, -0.25) is 4.79 Å². The van der Waals surface area contributed by atoms with Crippen molar-refractivity contribution in [2.45, 2.75) is 80.9 Å².